The molecule has 0 radical (unpaired) electrons. The molecule has 1 atom stereocenters. The Labute approximate surface area is 113 Å². The molecular formula is C10H12BrNO5S. The molecule has 100 valence electrons. The smallest absolute Gasteiger partial charge is 0.324 e. The highest BCUT2D eigenvalue weighted by Gasteiger charge is 2.26. The van der Waals surface area contributed by atoms with Crippen LogP contribution in [0.25, 0.3) is 0 Å². The molecule has 3 N–H and O–H groups in total. The van der Waals surface area contributed by atoms with Crippen LogP contribution in [0.15, 0.2) is 27.6 Å². The molecule has 0 fully saturated rings. The van der Waals surface area contributed by atoms with Crippen LogP contribution < -0.4 is 4.72 Å². The molecule has 1 aromatic rings. The Morgan fingerprint density at radius 2 is 2.11 bits per heavy atom. The Kier molecular flexibility index (Phi) is 4.85. The highest BCUT2D eigenvalue weighted by Crippen LogP contribution is 2.23. The largest absolute Gasteiger partial charge is 0.480 e. The molecule has 8 heteroatoms. The molecule has 0 spiro atoms. The van der Waals surface area contributed by atoms with Gasteiger partial charge >= 0.3 is 5.97 Å². The van der Waals surface area contributed by atoms with Crippen LogP contribution >= 0.6 is 15.9 Å². The third-order valence-corrected chi connectivity index (χ3v) is 4.60. The summed E-state index contributed by atoms with van der Waals surface area (Å²) in [6.07, 6.45) is 0. The zero-order chi connectivity index (χ0) is 13.9. The van der Waals surface area contributed by atoms with Gasteiger partial charge in [-0.05, 0) is 40.5 Å². The number of hydrogen-bond donors (Lipinski definition) is 3. The van der Waals surface area contributed by atoms with Crippen molar-refractivity contribution in [3.05, 3.63) is 28.2 Å². The molecule has 0 saturated heterocycles. The van der Waals surface area contributed by atoms with E-state index in [9.17, 15) is 13.2 Å². The number of sulfonamides is 1. The van der Waals surface area contributed by atoms with Crippen molar-refractivity contribution in [3.63, 3.8) is 0 Å². The Balaban J connectivity index is 3.10. The van der Waals surface area contributed by atoms with Gasteiger partial charge in [-0.2, -0.15) is 4.72 Å². The van der Waals surface area contributed by atoms with Gasteiger partial charge in [0.15, 0.2) is 0 Å². The maximum Gasteiger partial charge on any atom is 0.324 e. The summed E-state index contributed by atoms with van der Waals surface area (Å²) in [7, 11) is -4.00. The lowest BCUT2D eigenvalue weighted by Gasteiger charge is -2.13. The standard InChI is InChI=1S/C10H12BrNO5S/c1-6-2-3-9(7(11)4-6)18(16,17)12-8(5-13)10(14)15/h2-4,8,12-13H,5H2,1H3,(H,14,15)/t8-/m0/s1. The number of carbonyl (C=O) groups is 1. The normalized spacial score (nSPS) is 13.3. The number of benzene rings is 1. The molecular weight excluding hydrogens is 326 g/mol. The minimum atomic E-state index is -4.00. The summed E-state index contributed by atoms with van der Waals surface area (Å²) in [5, 5.41) is 17.5. The molecule has 6 nitrogen and oxygen atoms in total. The van der Waals surface area contributed by atoms with Gasteiger partial charge in [0, 0.05) is 4.47 Å². The molecule has 1 rings (SSSR count). The lowest BCUT2D eigenvalue weighted by molar-refractivity contribution is -0.139. The summed E-state index contributed by atoms with van der Waals surface area (Å²) >= 11 is 3.10. The quantitative estimate of drug-likeness (QED) is 0.725. The molecule has 0 unspecified atom stereocenters. The fourth-order valence-electron chi connectivity index (χ4n) is 1.24. The van der Waals surface area contributed by atoms with Crippen molar-refractivity contribution in [1.29, 1.82) is 0 Å². The first-order valence-corrected chi connectivity index (χ1v) is 7.17. The Hall–Kier alpha value is -0.960. The average molecular weight is 338 g/mol. The Morgan fingerprint density at radius 3 is 2.56 bits per heavy atom. The second-order valence-corrected chi connectivity index (χ2v) is 6.17. The molecule has 0 aliphatic carbocycles. The van der Waals surface area contributed by atoms with Gasteiger partial charge in [0.05, 0.1) is 11.5 Å². The monoisotopic (exact) mass is 337 g/mol. The maximum atomic E-state index is 11.9. The number of carboxylic acids is 1. The number of nitrogens with one attached hydrogen (secondary N) is 1. The van der Waals surface area contributed by atoms with Crippen molar-refractivity contribution in [2.45, 2.75) is 17.9 Å². The fraction of sp³-hybridized carbons (Fsp3) is 0.300. The molecule has 18 heavy (non-hydrogen) atoms. The maximum absolute atomic E-state index is 11.9. The van der Waals surface area contributed by atoms with Crippen molar-refractivity contribution in [1.82, 2.24) is 4.72 Å². The van der Waals surface area contributed by atoms with E-state index in [-0.39, 0.29) is 4.90 Å². The fourth-order valence-corrected chi connectivity index (χ4v) is 3.61. The summed E-state index contributed by atoms with van der Waals surface area (Å²) in [5.74, 6) is -1.44. The lowest BCUT2D eigenvalue weighted by Crippen LogP contribution is -2.43. The van der Waals surface area contributed by atoms with Gasteiger partial charge < -0.3 is 10.2 Å². The van der Waals surface area contributed by atoms with Gasteiger partial charge in [0.25, 0.3) is 0 Å². The molecule has 1 aromatic carbocycles. The summed E-state index contributed by atoms with van der Waals surface area (Å²) in [6, 6.07) is 2.98. The predicted octanol–water partition coefficient (Wildman–Crippen LogP) is 0.481. The van der Waals surface area contributed by atoms with Crippen LogP contribution in [0.2, 0.25) is 0 Å². The number of rotatable bonds is 5. The van der Waals surface area contributed by atoms with E-state index >= 15 is 0 Å². The SMILES string of the molecule is Cc1ccc(S(=O)(=O)N[C@@H](CO)C(=O)O)c(Br)c1. The van der Waals surface area contributed by atoms with Crippen LogP contribution in [0.5, 0.6) is 0 Å². The van der Waals surface area contributed by atoms with E-state index < -0.39 is 28.6 Å². The minimum absolute atomic E-state index is 0.0761. The summed E-state index contributed by atoms with van der Waals surface area (Å²) in [5.41, 5.74) is 0.859. The zero-order valence-electron chi connectivity index (χ0n) is 9.42. The first-order chi connectivity index (χ1) is 8.27. The topological polar surface area (TPSA) is 104 Å². The van der Waals surface area contributed by atoms with E-state index in [0.717, 1.165) is 5.56 Å². The first-order valence-electron chi connectivity index (χ1n) is 4.90. The van der Waals surface area contributed by atoms with E-state index in [0.29, 0.717) is 4.47 Å². The second-order valence-electron chi connectivity index (χ2n) is 3.63. The highest BCUT2D eigenvalue weighted by atomic mass is 79.9. The molecule has 0 bridgehead atoms. The van der Waals surface area contributed by atoms with E-state index in [2.05, 4.69) is 15.9 Å². The number of carboxylic acid groups (broad SMARTS) is 1. The van der Waals surface area contributed by atoms with Gasteiger partial charge in [0.2, 0.25) is 10.0 Å². The van der Waals surface area contributed by atoms with E-state index in [4.69, 9.17) is 10.2 Å². The van der Waals surface area contributed by atoms with Crippen molar-refractivity contribution < 1.29 is 23.4 Å². The van der Waals surface area contributed by atoms with Gasteiger partial charge in [-0.25, -0.2) is 8.42 Å². The van der Waals surface area contributed by atoms with Crippen molar-refractivity contribution in [2.75, 3.05) is 6.61 Å². The van der Waals surface area contributed by atoms with E-state index in [1.807, 2.05) is 4.72 Å². The zero-order valence-corrected chi connectivity index (χ0v) is 11.8. The molecule has 0 saturated carbocycles. The summed E-state index contributed by atoms with van der Waals surface area (Å²) in [4.78, 5) is 10.6. The number of halogens is 1. The van der Waals surface area contributed by atoms with Crippen LogP contribution in [0.4, 0.5) is 0 Å². The van der Waals surface area contributed by atoms with Crippen LogP contribution in [-0.2, 0) is 14.8 Å². The van der Waals surface area contributed by atoms with Gasteiger partial charge in [0.1, 0.15) is 6.04 Å². The number of aliphatic hydroxyl groups excluding tert-OH is 1. The number of hydrogen-bond acceptors (Lipinski definition) is 4. The lowest BCUT2D eigenvalue weighted by atomic mass is 10.2. The van der Waals surface area contributed by atoms with Gasteiger partial charge in [-0.1, -0.05) is 6.07 Å². The number of aryl methyl sites for hydroxylation is 1. The van der Waals surface area contributed by atoms with Gasteiger partial charge in [-0.15, -0.1) is 0 Å². The van der Waals surface area contributed by atoms with Crippen LogP contribution in [0.3, 0.4) is 0 Å². The van der Waals surface area contributed by atoms with Gasteiger partial charge in [-0.3, -0.25) is 4.79 Å². The number of aliphatic hydroxyl groups is 1. The van der Waals surface area contributed by atoms with Crippen molar-refractivity contribution >= 4 is 31.9 Å². The van der Waals surface area contributed by atoms with Crippen LogP contribution in [0.1, 0.15) is 5.56 Å². The van der Waals surface area contributed by atoms with Crippen LogP contribution in [-0.4, -0.2) is 37.2 Å². The molecule has 0 amide bonds. The third-order valence-electron chi connectivity index (χ3n) is 2.15. The van der Waals surface area contributed by atoms with E-state index in [1.54, 1.807) is 19.1 Å². The Bertz CT molecular complexity index is 557. The first kappa shape index (κ1) is 15.1. The predicted molar refractivity (Wildman–Crippen MR) is 67.7 cm³/mol. The van der Waals surface area contributed by atoms with E-state index in [1.165, 1.54) is 6.07 Å². The second kappa shape index (κ2) is 5.79. The molecule has 0 aliphatic rings. The third kappa shape index (κ3) is 3.52. The molecule has 0 aliphatic heterocycles. The molecule has 0 heterocycles. The van der Waals surface area contributed by atoms with Crippen molar-refractivity contribution in [3.8, 4) is 0 Å². The highest BCUT2D eigenvalue weighted by molar-refractivity contribution is 9.10. The molecule has 0 aromatic heterocycles. The summed E-state index contributed by atoms with van der Waals surface area (Å²) in [6.45, 7) is 0.973. The average Bonchev–Trinajstić information content (AvgIpc) is 2.24. The minimum Gasteiger partial charge on any atom is -0.480 e. The Morgan fingerprint density at radius 1 is 1.50 bits per heavy atom. The van der Waals surface area contributed by atoms with Crippen LogP contribution in [0, 0.1) is 6.92 Å². The number of aliphatic carboxylic acids is 1. The summed E-state index contributed by atoms with van der Waals surface area (Å²) < 4.78 is 26.1. The van der Waals surface area contributed by atoms with Crippen molar-refractivity contribution in [2.24, 2.45) is 0 Å².